The van der Waals surface area contributed by atoms with E-state index in [0.29, 0.717) is 6.54 Å². The van der Waals surface area contributed by atoms with Crippen LogP contribution in [0.4, 0.5) is 0 Å². The fourth-order valence-corrected chi connectivity index (χ4v) is 2.76. The van der Waals surface area contributed by atoms with Gasteiger partial charge in [-0.25, -0.2) is 13.4 Å². The number of nitrogens with two attached hydrogens (primary N) is 1. The van der Waals surface area contributed by atoms with Crippen LogP contribution in [0.3, 0.4) is 0 Å². The highest BCUT2D eigenvalue weighted by molar-refractivity contribution is 7.89. The van der Waals surface area contributed by atoms with Crippen LogP contribution in [-0.2, 0) is 17.1 Å². The Morgan fingerprint density at radius 1 is 1.65 bits per heavy atom. The third-order valence-corrected chi connectivity index (χ3v) is 4.13. The molecule has 8 heteroatoms. The van der Waals surface area contributed by atoms with Crippen LogP contribution in [-0.4, -0.2) is 41.2 Å². The summed E-state index contributed by atoms with van der Waals surface area (Å²) in [5.74, 6) is -0.0281. The Morgan fingerprint density at radius 2 is 2.29 bits per heavy atom. The summed E-state index contributed by atoms with van der Waals surface area (Å²) in [7, 11) is -1.87. The van der Waals surface area contributed by atoms with Gasteiger partial charge in [0.05, 0.1) is 12.2 Å². The van der Waals surface area contributed by atoms with Crippen molar-refractivity contribution in [3.8, 4) is 0 Å². The number of hydrogen-bond acceptors (Lipinski definition) is 4. The monoisotopic (exact) mass is 259 g/mol. The second kappa shape index (κ2) is 5.28. The molecule has 17 heavy (non-hydrogen) atoms. The average molecular weight is 259 g/mol. The molecular formula is C9H17N5O2S. The molecule has 0 amide bonds. The summed E-state index contributed by atoms with van der Waals surface area (Å²) >= 11 is 0. The van der Waals surface area contributed by atoms with Crippen molar-refractivity contribution >= 4 is 15.9 Å². The molecule has 0 spiro atoms. The summed E-state index contributed by atoms with van der Waals surface area (Å²) in [4.78, 5) is 3.83. The Hall–Kier alpha value is -1.41. The first-order valence-electron chi connectivity index (χ1n) is 5.19. The van der Waals surface area contributed by atoms with Gasteiger partial charge in [-0.05, 0) is 0 Å². The van der Waals surface area contributed by atoms with E-state index < -0.39 is 10.0 Å². The van der Waals surface area contributed by atoms with Crippen LogP contribution < -0.4 is 5.73 Å². The zero-order valence-corrected chi connectivity index (χ0v) is 10.7. The highest BCUT2D eigenvalue weighted by Gasteiger charge is 2.24. The topological polar surface area (TPSA) is 105 Å². The van der Waals surface area contributed by atoms with E-state index in [1.54, 1.807) is 18.5 Å². The largest absolute Gasteiger partial charge is 0.388 e. The fraction of sp³-hybridized carbons (Fsp3) is 0.556. The summed E-state index contributed by atoms with van der Waals surface area (Å²) < 4.78 is 27.1. The van der Waals surface area contributed by atoms with E-state index >= 15 is 0 Å². The first-order valence-corrected chi connectivity index (χ1v) is 6.63. The summed E-state index contributed by atoms with van der Waals surface area (Å²) in [6.45, 7) is 2.26. The number of aromatic nitrogens is 2. The van der Waals surface area contributed by atoms with E-state index in [-0.39, 0.29) is 23.8 Å². The quantitative estimate of drug-likeness (QED) is 0.543. The second-order valence-corrected chi connectivity index (χ2v) is 5.53. The van der Waals surface area contributed by atoms with Gasteiger partial charge in [-0.15, -0.1) is 0 Å². The van der Waals surface area contributed by atoms with Crippen LogP contribution in [0.5, 0.6) is 0 Å². The van der Waals surface area contributed by atoms with Crippen molar-refractivity contribution in [1.29, 1.82) is 5.41 Å². The molecule has 1 aromatic rings. The van der Waals surface area contributed by atoms with Gasteiger partial charge in [0.25, 0.3) is 10.0 Å². The van der Waals surface area contributed by atoms with E-state index in [9.17, 15) is 8.42 Å². The minimum Gasteiger partial charge on any atom is -0.388 e. The van der Waals surface area contributed by atoms with Gasteiger partial charge in [0, 0.05) is 32.8 Å². The van der Waals surface area contributed by atoms with Gasteiger partial charge in [0.15, 0.2) is 5.03 Å². The summed E-state index contributed by atoms with van der Waals surface area (Å²) in [5, 5.41) is 7.13. The molecule has 1 rings (SSSR count). The average Bonchev–Trinajstić information content (AvgIpc) is 2.65. The molecule has 0 saturated heterocycles. The number of imidazole rings is 1. The van der Waals surface area contributed by atoms with Crippen LogP contribution in [0.2, 0.25) is 0 Å². The highest BCUT2D eigenvalue weighted by Crippen LogP contribution is 2.12. The molecule has 1 heterocycles. The fourth-order valence-electron chi connectivity index (χ4n) is 1.35. The zero-order valence-electron chi connectivity index (χ0n) is 9.92. The van der Waals surface area contributed by atoms with Gasteiger partial charge in [-0.3, -0.25) is 5.41 Å². The van der Waals surface area contributed by atoms with E-state index in [4.69, 9.17) is 11.1 Å². The van der Waals surface area contributed by atoms with Crippen LogP contribution in [0.25, 0.3) is 0 Å². The maximum Gasteiger partial charge on any atom is 0.262 e. The molecule has 0 aliphatic rings. The normalized spacial score (nSPS) is 11.9. The molecule has 0 saturated carbocycles. The molecule has 96 valence electrons. The van der Waals surface area contributed by atoms with Crippen molar-refractivity contribution in [2.75, 3.05) is 13.1 Å². The number of hydrogen-bond donors (Lipinski definition) is 2. The maximum absolute atomic E-state index is 12.1. The number of aryl methyl sites for hydroxylation is 1. The number of amidine groups is 1. The zero-order chi connectivity index (χ0) is 13.1. The molecule has 0 aliphatic carbocycles. The van der Waals surface area contributed by atoms with Crippen LogP contribution in [0.15, 0.2) is 17.6 Å². The molecule has 1 aromatic heterocycles. The van der Waals surface area contributed by atoms with Gasteiger partial charge >= 0.3 is 0 Å². The third kappa shape index (κ3) is 3.27. The van der Waals surface area contributed by atoms with Crippen molar-refractivity contribution < 1.29 is 8.42 Å². The van der Waals surface area contributed by atoms with Gasteiger partial charge in [0.2, 0.25) is 0 Å². The van der Waals surface area contributed by atoms with Gasteiger partial charge in [-0.2, -0.15) is 4.31 Å². The lowest BCUT2D eigenvalue weighted by molar-refractivity contribution is 0.434. The third-order valence-electron chi connectivity index (χ3n) is 2.27. The van der Waals surface area contributed by atoms with Gasteiger partial charge in [-0.1, -0.05) is 6.92 Å². The summed E-state index contributed by atoms with van der Waals surface area (Å²) in [6, 6.07) is 0. The van der Waals surface area contributed by atoms with Crippen molar-refractivity contribution in [2.45, 2.75) is 18.4 Å². The van der Waals surface area contributed by atoms with Crippen molar-refractivity contribution in [3.63, 3.8) is 0 Å². The highest BCUT2D eigenvalue weighted by atomic mass is 32.2. The standard InChI is InChI=1S/C9H17N5O2S/c1-3-14(5-4-8(10)11)17(15,16)9-6-13(2)7-12-9/h6-7H,3-5H2,1-2H3,(H3,10,11). The maximum atomic E-state index is 12.1. The van der Waals surface area contributed by atoms with Gasteiger partial charge < -0.3 is 10.3 Å². The lowest BCUT2D eigenvalue weighted by atomic mass is 10.4. The molecular weight excluding hydrogens is 242 g/mol. The first kappa shape index (κ1) is 13.7. The Morgan fingerprint density at radius 3 is 2.71 bits per heavy atom. The summed E-state index contributed by atoms with van der Waals surface area (Å²) in [5.41, 5.74) is 5.22. The van der Waals surface area contributed by atoms with E-state index in [1.165, 1.54) is 16.8 Å². The molecule has 0 atom stereocenters. The SMILES string of the molecule is CCN(CCC(=N)N)S(=O)(=O)c1cn(C)cn1. The minimum atomic E-state index is -3.58. The van der Waals surface area contributed by atoms with E-state index in [0.717, 1.165) is 0 Å². The summed E-state index contributed by atoms with van der Waals surface area (Å²) in [6.07, 6.45) is 3.11. The molecule has 0 radical (unpaired) electrons. The predicted octanol–water partition coefficient (Wildman–Crippen LogP) is -0.243. The predicted molar refractivity (Wildman–Crippen MR) is 64.2 cm³/mol. The second-order valence-electron chi connectivity index (χ2n) is 3.65. The number of sulfonamides is 1. The number of nitrogens with one attached hydrogen (secondary N) is 1. The molecule has 0 aliphatic heterocycles. The lowest BCUT2D eigenvalue weighted by Gasteiger charge is -2.18. The van der Waals surface area contributed by atoms with Crippen LogP contribution in [0.1, 0.15) is 13.3 Å². The Labute approximate surface area is 101 Å². The molecule has 0 bridgehead atoms. The molecule has 0 unspecified atom stereocenters. The molecule has 0 fully saturated rings. The van der Waals surface area contributed by atoms with Crippen LogP contribution in [0, 0.1) is 5.41 Å². The Balaban J connectivity index is 2.90. The Kier molecular flexibility index (Phi) is 4.24. The Bertz CT molecular complexity index is 493. The molecule has 3 N–H and O–H groups in total. The molecule has 0 aromatic carbocycles. The van der Waals surface area contributed by atoms with Crippen LogP contribution >= 0.6 is 0 Å². The number of rotatable bonds is 6. The van der Waals surface area contributed by atoms with Crippen molar-refractivity contribution in [2.24, 2.45) is 12.8 Å². The lowest BCUT2D eigenvalue weighted by Crippen LogP contribution is -2.34. The van der Waals surface area contributed by atoms with E-state index in [2.05, 4.69) is 4.98 Å². The minimum absolute atomic E-state index is 0.0189. The van der Waals surface area contributed by atoms with E-state index in [1.807, 2.05) is 0 Å². The molecule has 7 nitrogen and oxygen atoms in total. The van der Waals surface area contributed by atoms with Crippen molar-refractivity contribution in [1.82, 2.24) is 13.9 Å². The first-order chi connectivity index (χ1) is 7.87. The van der Waals surface area contributed by atoms with Crippen molar-refractivity contribution in [3.05, 3.63) is 12.5 Å². The number of nitrogens with zero attached hydrogens (tertiary/aromatic N) is 3. The smallest absolute Gasteiger partial charge is 0.262 e. The van der Waals surface area contributed by atoms with Gasteiger partial charge in [0.1, 0.15) is 0 Å².